The van der Waals surface area contributed by atoms with Crippen LogP contribution in [0.5, 0.6) is 0 Å². The summed E-state index contributed by atoms with van der Waals surface area (Å²) in [6.45, 7) is 1.29. The summed E-state index contributed by atoms with van der Waals surface area (Å²) in [6.07, 6.45) is 1.68. The summed E-state index contributed by atoms with van der Waals surface area (Å²) in [6, 6.07) is 18.5. The average Bonchev–Trinajstić information content (AvgIpc) is 2.63. The van der Waals surface area contributed by atoms with Crippen LogP contribution >= 0.6 is 0 Å². The Kier molecular flexibility index (Phi) is 5.46. The molecule has 2 atom stereocenters. The lowest BCUT2D eigenvalue weighted by Gasteiger charge is -2.36. The van der Waals surface area contributed by atoms with Crippen molar-refractivity contribution in [2.75, 3.05) is 18.4 Å². The van der Waals surface area contributed by atoms with E-state index in [1.807, 2.05) is 65.6 Å². The Morgan fingerprint density at radius 3 is 2.32 bits per heavy atom. The van der Waals surface area contributed by atoms with Crippen LogP contribution in [0.25, 0.3) is 0 Å². The fraction of sp³-hybridized carbons (Fsp3) is 0.300. The van der Waals surface area contributed by atoms with Gasteiger partial charge in [-0.05, 0) is 37.1 Å². The fourth-order valence-electron chi connectivity index (χ4n) is 3.41. The Morgan fingerprint density at radius 2 is 1.68 bits per heavy atom. The molecule has 0 spiro atoms. The lowest BCUT2D eigenvalue weighted by Crippen LogP contribution is -2.46. The number of carbonyl (C=O) groups is 2. The molecule has 0 saturated carbocycles. The van der Waals surface area contributed by atoms with Gasteiger partial charge in [-0.3, -0.25) is 14.5 Å². The number of nitrogens with one attached hydrogen (secondary N) is 1. The number of piperidine rings is 1. The highest BCUT2D eigenvalue weighted by molar-refractivity contribution is 5.92. The second kappa shape index (κ2) is 7.94. The van der Waals surface area contributed by atoms with Crippen LogP contribution < -0.4 is 11.1 Å². The molecule has 1 aliphatic heterocycles. The van der Waals surface area contributed by atoms with E-state index in [9.17, 15) is 9.59 Å². The highest BCUT2D eigenvalue weighted by Crippen LogP contribution is 2.27. The first-order valence-corrected chi connectivity index (χ1v) is 8.59. The Bertz CT molecular complexity index is 718. The van der Waals surface area contributed by atoms with Crippen molar-refractivity contribution < 1.29 is 9.59 Å². The molecule has 2 aromatic rings. The standard InChI is InChI=1S/C20H23N3O2/c21-19(24)18(15-8-3-1-4-9-15)23-13-7-10-16(14-23)20(25)22-17-11-5-2-6-12-17/h1-6,8-9,11-12,16,18H,7,10,13-14H2,(H2,21,24)(H,22,25)/t16-,18-/m0/s1. The van der Waals surface area contributed by atoms with Crippen molar-refractivity contribution >= 4 is 17.5 Å². The van der Waals surface area contributed by atoms with Crippen molar-refractivity contribution in [3.63, 3.8) is 0 Å². The van der Waals surface area contributed by atoms with Crippen LogP contribution in [0.3, 0.4) is 0 Å². The monoisotopic (exact) mass is 337 g/mol. The van der Waals surface area contributed by atoms with Crippen molar-refractivity contribution in [3.8, 4) is 0 Å². The van der Waals surface area contributed by atoms with Gasteiger partial charge >= 0.3 is 0 Å². The van der Waals surface area contributed by atoms with Crippen molar-refractivity contribution in [1.82, 2.24) is 4.90 Å². The van der Waals surface area contributed by atoms with Gasteiger partial charge in [0.1, 0.15) is 6.04 Å². The molecule has 130 valence electrons. The molecule has 3 N–H and O–H groups in total. The van der Waals surface area contributed by atoms with E-state index >= 15 is 0 Å². The van der Waals surface area contributed by atoms with Gasteiger partial charge < -0.3 is 11.1 Å². The molecule has 25 heavy (non-hydrogen) atoms. The molecule has 2 amide bonds. The molecule has 5 heteroatoms. The summed E-state index contributed by atoms with van der Waals surface area (Å²) in [5.41, 5.74) is 7.33. The van der Waals surface area contributed by atoms with Crippen LogP contribution in [0.2, 0.25) is 0 Å². The average molecular weight is 337 g/mol. The summed E-state index contributed by atoms with van der Waals surface area (Å²) in [5, 5.41) is 2.96. The van der Waals surface area contributed by atoms with Gasteiger partial charge in [-0.25, -0.2) is 0 Å². The summed E-state index contributed by atoms with van der Waals surface area (Å²) in [7, 11) is 0. The number of para-hydroxylation sites is 1. The first-order chi connectivity index (χ1) is 12.1. The van der Waals surface area contributed by atoms with E-state index in [0.29, 0.717) is 6.54 Å². The molecule has 0 unspecified atom stereocenters. The molecule has 1 heterocycles. The molecule has 1 saturated heterocycles. The summed E-state index contributed by atoms with van der Waals surface area (Å²) >= 11 is 0. The molecule has 3 rings (SSSR count). The number of nitrogens with two attached hydrogens (primary N) is 1. The Balaban J connectivity index is 1.71. The van der Waals surface area contributed by atoms with E-state index in [-0.39, 0.29) is 17.7 Å². The van der Waals surface area contributed by atoms with Gasteiger partial charge in [0, 0.05) is 12.2 Å². The molecule has 2 aromatic carbocycles. The summed E-state index contributed by atoms with van der Waals surface area (Å²) in [5.74, 6) is -0.540. The van der Waals surface area contributed by atoms with Crippen LogP contribution in [0.4, 0.5) is 5.69 Å². The Morgan fingerprint density at radius 1 is 1.04 bits per heavy atom. The van der Waals surface area contributed by atoms with E-state index in [1.54, 1.807) is 0 Å². The first kappa shape index (κ1) is 17.2. The quantitative estimate of drug-likeness (QED) is 0.880. The van der Waals surface area contributed by atoms with Gasteiger partial charge in [-0.15, -0.1) is 0 Å². The van der Waals surface area contributed by atoms with Crippen molar-refractivity contribution in [1.29, 1.82) is 0 Å². The lowest BCUT2D eigenvalue weighted by molar-refractivity contribution is -0.127. The predicted octanol–water partition coefficient (Wildman–Crippen LogP) is 2.56. The minimum atomic E-state index is -0.492. The van der Waals surface area contributed by atoms with Gasteiger partial charge in [0.15, 0.2) is 0 Å². The molecular formula is C20H23N3O2. The number of benzene rings is 2. The number of likely N-dealkylation sites (tertiary alicyclic amines) is 1. The third kappa shape index (κ3) is 4.25. The maximum Gasteiger partial charge on any atom is 0.239 e. The number of nitrogens with zero attached hydrogens (tertiary/aromatic N) is 1. The predicted molar refractivity (Wildman–Crippen MR) is 97.7 cm³/mol. The number of anilines is 1. The maximum atomic E-state index is 12.6. The second-order valence-corrected chi connectivity index (χ2v) is 6.40. The van der Waals surface area contributed by atoms with Crippen molar-refractivity contribution in [2.45, 2.75) is 18.9 Å². The van der Waals surface area contributed by atoms with Crippen molar-refractivity contribution in [3.05, 3.63) is 66.2 Å². The minimum Gasteiger partial charge on any atom is -0.368 e. The van der Waals surface area contributed by atoms with Crippen LogP contribution in [-0.2, 0) is 9.59 Å². The van der Waals surface area contributed by atoms with E-state index in [4.69, 9.17) is 5.73 Å². The van der Waals surface area contributed by atoms with Gasteiger partial charge in [-0.1, -0.05) is 48.5 Å². The zero-order valence-corrected chi connectivity index (χ0v) is 14.1. The van der Waals surface area contributed by atoms with Crippen LogP contribution in [0.15, 0.2) is 60.7 Å². The lowest BCUT2D eigenvalue weighted by atomic mass is 9.93. The number of primary amides is 1. The molecule has 1 aliphatic rings. The third-order valence-corrected chi connectivity index (χ3v) is 4.61. The van der Waals surface area contributed by atoms with Crippen LogP contribution in [0.1, 0.15) is 24.4 Å². The highest BCUT2D eigenvalue weighted by Gasteiger charge is 2.33. The Hall–Kier alpha value is -2.66. The smallest absolute Gasteiger partial charge is 0.239 e. The number of rotatable bonds is 5. The summed E-state index contributed by atoms with van der Waals surface area (Å²) < 4.78 is 0. The zero-order valence-electron chi connectivity index (χ0n) is 14.1. The fourth-order valence-corrected chi connectivity index (χ4v) is 3.41. The molecule has 0 bridgehead atoms. The van der Waals surface area contributed by atoms with Gasteiger partial charge in [0.05, 0.1) is 5.92 Å². The number of hydrogen-bond donors (Lipinski definition) is 2. The van der Waals surface area contributed by atoms with E-state index in [1.165, 1.54) is 0 Å². The largest absolute Gasteiger partial charge is 0.368 e. The van der Waals surface area contributed by atoms with E-state index in [2.05, 4.69) is 5.32 Å². The second-order valence-electron chi connectivity index (χ2n) is 6.40. The summed E-state index contributed by atoms with van der Waals surface area (Å²) in [4.78, 5) is 26.7. The van der Waals surface area contributed by atoms with E-state index in [0.717, 1.165) is 30.6 Å². The van der Waals surface area contributed by atoms with Crippen LogP contribution in [0, 0.1) is 5.92 Å². The molecule has 0 aromatic heterocycles. The maximum absolute atomic E-state index is 12.6. The highest BCUT2D eigenvalue weighted by atomic mass is 16.2. The molecule has 0 radical (unpaired) electrons. The minimum absolute atomic E-state index is 0.00724. The van der Waals surface area contributed by atoms with Gasteiger partial charge in [0.25, 0.3) is 0 Å². The van der Waals surface area contributed by atoms with E-state index < -0.39 is 6.04 Å². The van der Waals surface area contributed by atoms with Gasteiger partial charge in [0.2, 0.25) is 11.8 Å². The molecule has 5 nitrogen and oxygen atoms in total. The molecular weight excluding hydrogens is 314 g/mol. The van der Waals surface area contributed by atoms with Crippen LogP contribution in [-0.4, -0.2) is 29.8 Å². The normalized spacial score (nSPS) is 19.1. The topological polar surface area (TPSA) is 75.4 Å². The van der Waals surface area contributed by atoms with Crippen molar-refractivity contribution in [2.24, 2.45) is 11.7 Å². The molecule has 0 aliphatic carbocycles. The number of carbonyl (C=O) groups excluding carboxylic acids is 2. The third-order valence-electron chi connectivity index (χ3n) is 4.61. The zero-order chi connectivity index (χ0) is 17.6. The first-order valence-electron chi connectivity index (χ1n) is 8.59. The molecule has 1 fully saturated rings. The van der Waals surface area contributed by atoms with Gasteiger partial charge in [-0.2, -0.15) is 0 Å². The SMILES string of the molecule is NC(=O)[C@H](c1ccccc1)N1CCC[C@H](C(=O)Nc2ccccc2)C1. The number of amides is 2. The number of hydrogen-bond acceptors (Lipinski definition) is 3. The Labute approximate surface area is 147 Å².